The van der Waals surface area contributed by atoms with Crippen molar-refractivity contribution in [1.82, 2.24) is 5.32 Å². The lowest BCUT2D eigenvalue weighted by Crippen LogP contribution is -2.34. The quantitative estimate of drug-likeness (QED) is 0.409. The zero-order valence-corrected chi connectivity index (χ0v) is 14.9. The van der Waals surface area contributed by atoms with Gasteiger partial charge in [-0.2, -0.15) is 0 Å². The van der Waals surface area contributed by atoms with Crippen LogP contribution in [0.15, 0.2) is 54.6 Å². The molecule has 140 valence electrons. The van der Waals surface area contributed by atoms with Crippen LogP contribution in [0.2, 0.25) is 0 Å². The summed E-state index contributed by atoms with van der Waals surface area (Å²) in [7, 11) is 0. The lowest BCUT2D eigenvalue weighted by molar-refractivity contribution is -0.384. The predicted molar refractivity (Wildman–Crippen MR) is 104 cm³/mol. The topological polar surface area (TPSA) is 113 Å². The molecule has 2 rings (SSSR count). The second-order valence-corrected chi connectivity index (χ2v) is 6.01. The summed E-state index contributed by atoms with van der Waals surface area (Å²) in [5, 5.41) is 18.8. The lowest BCUT2D eigenvalue weighted by Gasteiger charge is -2.10. The Labute approximate surface area is 156 Å². The van der Waals surface area contributed by atoms with Crippen molar-refractivity contribution >= 4 is 35.1 Å². The third-order valence-electron chi connectivity index (χ3n) is 3.34. The van der Waals surface area contributed by atoms with Crippen molar-refractivity contribution in [3.63, 3.8) is 0 Å². The van der Waals surface area contributed by atoms with Crippen molar-refractivity contribution in [2.45, 2.75) is 19.9 Å². The van der Waals surface area contributed by atoms with Crippen molar-refractivity contribution in [2.75, 3.05) is 10.6 Å². The summed E-state index contributed by atoms with van der Waals surface area (Å²) in [4.78, 5) is 33.9. The number of hydrogen-bond donors (Lipinski definition) is 3. The second kappa shape index (κ2) is 9.14. The molecule has 0 saturated heterocycles. The van der Waals surface area contributed by atoms with E-state index in [1.165, 1.54) is 24.3 Å². The van der Waals surface area contributed by atoms with E-state index in [1.54, 1.807) is 36.4 Å². The minimum atomic E-state index is -0.492. The van der Waals surface area contributed by atoms with Crippen molar-refractivity contribution in [3.8, 4) is 0 Å². The van der Waals surface area contributed by atoms with Crippen LogP contribution >= 0.6 is 0 Å². The maximum Gasteiger partial charge on any atom is 0.319 e. The maximum absolute atomic E-state index is 12.0. The molecular formula is C19H20N4O4. The molecule has 0 aliphatic carbocycles. The van der Waals surface area contributed by atoms with Crippen molar-refractivity contribution in [3.05, 3.63) is 70.3 Å². The summed E-state index contributed by atoms with van der Waals surface area (Å²) < 4.78 is 0. The molecule has 27 heavy (non-hydrogen) atoms. The van der Waals surface area contributed by atoms with Gasteiger partial charge in [-0.3, -0.25) is 14.9 Å². The minimum absolute atomic E-state index is 0.0291. The highest BCUT2D eigenvalue weighted by atomic mass is 16.6. The molecule has 8 heteroatoms. The van der Waals surface area contributed by atoms with Gasteiger partial charge in [-0.25, -0.2) is 4.79 Å². The third-order valence-corrected chi connectivity index (χ3v) is 3.34. The van der Waals surface area contributed by atoms with E-state index in [1.807, 2.05) is 13.8 Å². The van der Waals surface area contributed by atoms with Crippen molar-refractivity contribution in [1.29, 1.82) is 0 Å². The molecule has 0 radical (unpaired) electrons. The van der Waals surface area contributed by atoms with Gasteiger partial charge < -0.3 is 16.0 Å². The number of nitrogens with zero attached hydrogens (tertiary/aromatic N) is 1. The summed E-state index contributed by atoms with van der Waals surface area (Å²) in [6.07, 6.45) is 2.79. The number of benzene rings is 2. The summed E-state index contributed by atoms with van der Waals surface area (Å²) in [5.41, 5.74) is 1.66. The van der Waals surface area contributed by atoms with Gasteiger partial charge in [0.2, 0.25) is 5.91 Å². The Balaban J connectivity index is 1.93. The smallest absolute Gasteiger partial charge is 0.319 e. The van der Waals surface area contributed by atoms with E-state index in [2.05, 4.69) is 16.0 Å². The fourth-order valence-electron chi connectivity index (χ4n) is 2.16. The molecule has 2 aromatic rings. The average molecular weight is 368 g/mol. The fraction of sp³-hybridized carbons (Fsp3) is 0.158. The first kappa shape index (κ1) is 19.6. The molecule has 0 bridgehead atoms. The third kappa shape index (κ3) is 6.62. The van der Waals surface area contributed by atoms with Crippen LogP contribution in [0.25, 0.3) is 6.08 Å². The van der Waals surface area contributed by atoms with Crippen LogP contribution in [0.1, 0.15) is 19.4 Å². The van der Waals surface area contributed by atoms with Crippen molar-refractivity contribution in [2.24, 2.45) is 0 Å². The molecule has 3 amide bonds. The molecule has 8 nitrogen and oxygen atoms in total. The normalized spacial score (nSPS) is 10.6. The number of nitro benzene ring substituents is 1. The molecule has 3 N–H and O–H groups in total. The van der Waals surface area contributed by atoms with E-state index in [0.29, 0.717) is 16.9 Å². The van der Waals surface area contributed by atoms with Crippen LogP contribution in [0, 0.1) is 10.1 Å². The molecule has 0 aliphatic heterocycles. The summed E-state index contributed by atoms with van der Waals surface area (Å²) in [6.45, 7) is 3.72. The van der Waals surface area contributed by atoms with Gasteiger partial charge in [-0.1, -0.05) is 12.1 Å². The fourth-order valence-corrected chi connectivity index (χ4v) is 2.16. The molecule has 0 aromatic heterocycles. The first-order valence-electron chi connectivity index (χ1n) is 8.24. The standard InChI is InChI=1S/C19H20N4O4/c1-13(2)20-19(25)22-16-9-7-15(8-10-16)21-18(24)11-6-14-4-3-5-17(12-14)23(26)27/h3-13H,1-2H3,(H,21,24)(H2,20,22,25)/b11-6+. The molecule has 0 heterocycles. The first-order chi connectivity index (χ1) is 12.8. The summed E-state index contributed by atoms with van der Waals surface area (Å²) in [6, 6.07) is 12.4. The van der Waals surface area contributed by atoms with Gasteiger partial charge in [0.1, 0.15) is 0 Å². The summed E-state index contributed by atoms with van der Waals surface area (Å²) in [5.74, 6) is -0.375. The first-order valence-corrected chi connectivity index (χ1v) is 8.24. The number of carbonyl (C=O) groups excluding carboxylic acids is 2. The van der Waals surface area contributed by atoms with E-state index in [0.717, 1.165) is 0 Å². The number of non-ortho nitro benzene ring substituents is 1. The van der Waals surface area contributed by atoms with Crippen LogP contribution in [-0.4, -0.2) is 22.9 Å². The molecule has 0 spiro atoms. The minimum Gasteiger partial charge on any atom is -0.336 e. The zero-order chi connectivity index (χ0) is 19.8. The van der Waals surface area contributed by atoms with E-state index >= 15 is 0 Å². The Kier molecular flexibility index (Phi) is 6.65. The molecule has 0 atom stereocenters. The highest BCUT2D eigenvalue weighted by Gasteiger charge is 2.05. The number of nitro groups is 1. The highest BCUT2D eigenvalue weighted by molar-refractivity contribution is 6.02. The molecular weight excluding hydrogens is 348 g/mol. The Morgan fingerprint density at radius 3 is 2.26 bits per heavy atom. The Morgan fingerprint density at radius 1 is 1.04 bits per heavy atom. The Morgan fingerprint density at radius 2 is 1.67 bits per heavy atom. The van der Waals surface area contributed by atoms with Crippen LogP contribution in [0.4, 0.5) is 21.9 Å². The number of nitrogens with one attached hydrogen (secondary N) is 3. The van der Waals surface area contributed by atoms with Crippen LogP contribution < -0.4 is 16.0 Å². The Bertz CT molecular complexity index is 860. The number of anilines is 2. The van der Waals surface area contributed by atoms with E-state index in [9.17, 15) is 19.7 Å². The van der Waals surface area contributed by atoms with Crippen LogP contribution in [-0.2, 0) is 4.79 Å². The average Bonchev–Trinajstić information content (AvgIpc) is 2.61. The van der Waals surface area contributed by atoms with Gasteiger partial charge in [0.25, 0.3) is 5.69 Å². The summed E-state index contributed by atoms with van der Waals surface area (Å²) >= 11 is 0. The second-order valence-electron chi connectivity index (χ2n) is 6.01. The molecule has 0 aliphatic rings. The SMILES string of the molecule is CC(C)NC(=O)Nc1ccc(NC(=O)/C=C/c2cccc([N+](=O)[O-])c2)cc1. The van der Waals surface area contributed by atoms with Gasteiger partial charge in [0.05, 0.1) is 4.92 Å². The zero-order valence-electron chi connectivity index (χ0n) is 14.9. The molecule has 0 saturated carbocycles. The van der Waals surface area contributed by atoms with Gasteiger partial charge in [-0.15, -0.1) is 0 Å². The number of carbonyl (C=O) groups is 2. The largest absolute Gasteiger partial charge is 0.336 e. The van der Waals surface area contributed by atoms with Gasteiger partial charge in [0.15, 0.2) is 0 Å². The van der Waals surface area contributed by atoms with E-state index in [-0.39, 0.29) is 23.7 Å². The monoisotopic (exact) mass is 368 g/mol. The number of amides is 3. The number of rotatable bonds is 6. The molecule has 0 fully saturated rings. The predicted octanol–water partition coefficient (Wildman–Crippen LogP) is 3.78. The molecule has 2 aromatic carbocycles. The van der Waals surface area contributed by atoms with E-state index in [4.69, 9.17) is 0 Å². The Hall–Kier alpha value is -3.68. The van der Waals surface area contributed by atoms with Gasteiger partial charge in [0, 0.05) is 35.6 Å². The molecule has 0 unspecified atom stereocenters. The van der Waals surface area contributed by atoms with Gasteiger partial charge >= 0.3 is 6.03 Å². The lowest BCUT2D eigenvalue weighted by atomic mass is 10.2. The highest BCUT2D eigenvalue weighted by Crippen LogP contribution is 2.15. The number of urea groups is 1. The maximum atomic E-state index is 12.0. The van der Waals surface area contributed by atoms with Crippen molar-refractivity contribution < 1.29 is 14.5 Å². The van der Waals surface area contributed by atoms with Crippen LogP contribution in [0.5, 0.6) is 0 Å². The number of hydrogen-bond acceptors (Lipinski definition) is 4. The van der Waals surface area contributed by atoms with Gasteiger partial charge in [-0.05, 0) is 49.8 Å². The van der Waals surface area contributed by atoms with Crippen LogP contribution in [0.3, 0.4) is 0 Å². The van der Waals surface area contributed by atoms with E-state index < -0.39 is 4.92 Å².